The first kappa shape index (κ1) is 16.3. The highest BCUT2D eigenvalue weighted by molar-refractivity contribution is 6.36. The molecule has 2 rings (SSSR count). The van der Waals surface area contributed by atoms with Gasteiger partial charge in [0.2, 0.25) is 0 Å². The van der Waals surface area contributed by atoms with E-state index in [1.165, 1.54) is 12.2 Å². The van der Waals surface area contributed by atoms with Crippen molar-refractivity contribution in [1.29, 1.82) is 0 Å². The molecule has 6 nitrogen and oxygen atoms in total. The zero-order chi connectivity index (χ0) is 16.1. The maximum absolute atomic E-state index is 11.5. The topological polar surface area (TPSA) is 87.3 Å². The second kappa shape index (κ2) is 7.29. The average molecular weight is 342 g/mol. The molecule has 1 aliphatic rings. The minimum absolute atomic E-state index is 0.0703. The lowest BCUT2D eigenvalue weighted by atomic mass is 10.2. The molecule has 22 heavy (non-hydrogen) atoms. The van der Waals surface area contributed by atoms with Crippen molar-refractivity contribution in [1.82, 2.24) is 16.2 Å². The van der Waals surface area contributed by atoms with E-state index in [0.717, 1.165) is 12.8 Å². The van der Waals surface area contributed by atoms with Crippen LogP contribution in [0.25, 0.3) is 6.08 Å². The summed E-state index contributed by atoms with van der Waals surface area (Å²) in [4.78, 5) is 34.3. The summed E-state index contributed by atoms with van der Waals surface area (Å²) >= 11 is 11.7. The molecule has 0 aliphatic heterocycles. The first-order valence-corrected chi connectivity index (χ1v) is 7.25. The van der Waals surface area contributed by atoms with E-state index in [2.05, 4.69) is 10.7 Å². The Morgan fingerprint density at radius 3 is 2.45 bits per heavy atom. The molecule has 0 radical (unpaired) electrons. The summed E-state index contributed by atoms with van der Waals surface area (Å²) in [7, 11) is 0. The van der Waals surface area contributed by atoms with Crippen LogP contribution in [-0.2, 0) is 14.4 Å². The largest absolute Gasteiger partial charge is 0.345 e. The maximum atomic E-state index is 11.5. The van der Waals surface area contributed by atoms with Crippen LogP contribution >= 0.6 is 23.2 Å². The van der Waals surface area contributed by atoms with E-state index in [0.29, 0.717) is 15.6 Å². The number of benzene rings is 1. The standard InChI is InChI=1S/C14H13Cl2N3O3/c15-9-3-1-8(11(16)7-9)2-6-12(20)18-19-14(22)13(21)17-10-4-5-10/h1-3,6-7,10H,4-5H2,(H,17,21)(H,18,20)(H,19,22)/b6-2+. The molecule has 3 N–H and O–H groups in total. The van der Waals surface area contributed by atoms with E-state index in [4.69, 9.17) is 23.2 Å². The van der Waals surface area contributed by atoms with Crippen LogP contribution in [-0.4, -0.2) is 23.8 Å². The van der Waals surface area contributed by atoms with Gasteiger partial charge in [-0.15, -0.1) is 0 Å². The van der Waals surface area contributed by atoms with E-state index >= 15 is 0 Å². The van der Waals surface area contributed by atoms with Crippen LogP contribution in [0.2, 0.25) is 10.0 Å². The van der Waals surface area contributed by atoms with Crippen molar-refractivity contribution in [2.45, 2.75) is 18.9 Å². The number of rotatable bonds is 3. The molecule has 0 saturated heterocycles. The zero-order valence-electron chi connectivity index (χ0n) is 11.4. The third-order valence-electron chi connectivity index (χ3n) is 2.79. The van der Waals surface area contributed by atoms with Gasteiger partial charge in [0.05, 0.1) is 0 Å². The third kappa shape index (κ3) is 5.05. The van der Waals surface area contributed by atoms with Crippen LogP contribution in [0, 0.1) is 0 Å². The second-order valence-corrected chi connectivity index (χ2v) is 5.53. The number of hydrogen-bond donors (Lipinski definition) is 3. The van der Waals surface area contributed by atoms with Crippen LogP contribution in [0.15, 0.2) is 24.3 Å². The summed E-state index contributed by atoms with van der Waals surface area (Å²) in [6.07, 6.45) is 4.38. The van der Waals surface area contributed by atoms with Gasteiger partial charge in [-0.2, -0.15) is 0 Å². The molecule has 8 heteroatoms. The SMILES string of the molecule is O=C(/C=C/c1ccc(Cl)cc1Cl)NNC(=O)C(=O)NC1CC1. The van der Waals surface area contributed by atoms with Gasteiger partial charge in [0.25, 0.3) is 5.91 Å². The van der Waals surface area contributed by atoms with Crippen molar-refractivity contribution in [3.63, 3.8) is 0 Å². The number of hydrazine groups is 1. The summed E-state index contributed by atoms with van der Waals surface area (Å²) in [6.45, 7) is 0. The molecule has 0 unspecified atom stereocenters. The van der Waals surface area contributed by atoms with Gasteiger partial charge < -0.3 is 5.32 Å². The Morgan fingerprint density at radius 2 is 1.82 bits per heavy atom. The van der Waals surface area contributed by atoms with Crippen molar-refractivity contribution < 1.29 is 14.4 Å². The molecule has 0 aromatic heterocycles. The summed E-state index contributed by atoms with van der Waals surface area (Å²) < 4.78 is 0. The van der Waals surface area contributed by atoms with Gasteiger partial charge in [-0.3, -0.25) is 25.2 Å². The normalized spacial score (nSPS) is 13.7. The van der Waals surface area contributed by atoms with E-state index in [1.54, 1.807) is 18.2 Å². The highest BCUT2D eigenvalue weighted by Gasteiger charge is 2.26. The Balaban J connectivity index is 1.80. The first-order valence-electron chi connectivity index (χ1n) is 6.49. The summed E-state index contributed by atoms with van der Waals surface area (Å²) in [6, 6.07) is 4.90. The van der Waals surface area contributed by atoms with E-state index in [1.807, 2.05) is 5.43 Å². The predicted octanol–water partition coefficient (Wildman–Crippen LogP) is 1.43. The third-order valence-corrected chi connectivity index (χ3v) is 3.36. The molecule has 1 aliphatic carbocycles. The van der Waals surface area contributed by atoms with Crippen molar-refractivity contribution in [2.75, 3.05) is 0 Å². The van der Waals surface area contributed by atoms with Gasteiger partial charge in [-0.1, -0.05) is 29.3 Å². The number of carbonyl (C=O) groups excluding carboxylic acids is 3. The molecule has 3 amide bonds. The van der Waals surface area contributed by atoms with E-state index in [9.17, 15) is 14.4 Å². The molecule has 0 bridgehead atoms. The molecule has 0 spiro atoms. The van der Waals surface area contributed by atoms with Gasteiger partial charge in [0.1, 0.15) is 0 Å². The van der Waals surface area contributed by atoms with Crippen molar-refractivity contribution in [2.24, 2.45) is 0 Å². The Bertz CT molecular complexity index is 642. The van der Waals surface area contributed by atoms with Crippen LogP contribution in [0.4, 0.5) is 0 Å². The van der Waals surface area contributed by atoms with Gasteiger partial charge in [-0.25, -0.2) is 0 Å². The average Bonchev–Trinajstić information content (AvgIpc) is 3.27. The summed E-state index contributed by atoms with van der Waals surface area (Å²) in [5, 5.41) is 3.38. The second-order valence-electron chi connectivity index (χ2n) is 4.69. The molecule has 1 aromatic carbocycles. The minimum atomic E-state index is -0.918. The Morgan fingerprint density at radius 1 is 1.09 bits per heavy atom. The first-order chi connectivity index (χ1) is 10.5. The van der Waals surface area contributed by atoms with Gasteiger partial charge >= 0.3 is 11.8 Å². The number of halogens is 2. The van der Waals surface area contributed by atoms with E-state index < -0.39 is 17.7 Å². The highest BCUT2D eigenvalue weighted by atomic mass is 35.5. The van der Waals surface area contributed by atoms with E-state index in [-0.39, 0.29) is 6.04 Å². The summed E-state index contributed by atoms with van der Waals surface area (Å²) in [5.74, 6) is -2.29. The van der Waals surface area contributed by atoms with Crippen molar-refractivity contribution in [3.8, 4) is 0 Å². The molecular weight excluding hydrogens is 329 g/mol. The summed E-state index contributed by atoms with van der Waals surface area (Å²) in [5.41, 5.74) is 4.72. The fraction of sp³-hybridized carbons (Fsp3) is 0.214. The maximum Gasteiger partial charge on any atom is 0.327 e. The lowest BCUT2D eigenvalue weighted by Gasteiger charge is -2.05. The van der Waals surface area contributed by atoms with Crippen LogP contribution < -0.4 is 16.2 Å². The molecule has 116 valence electrons. The minimum Gasteiger partial charge on any atom is -0.345 e. The van der Waals surface area contributed by atoms with Crippen molar-refractivity contribution >= 4 is 47.0 Å². The molecule has 0 atom stereocenters. The number of amides is 3. The fourth-order valence-corrected chi connectivity index (χ4v) is 1.97. The number of nitrogens with one attached hydrogen (secondary N) is 3. The molecule has 0 heterocycles. The lowest BCUT2D eigenvalue weighted by Crippen LogP contribution is -2.48. The molecule has 1 fully saturated rings. The Labute approximate surface area is 136 Å². The fourth-order valence-electron chi connectivity index (χ4n) is 1.50. The van der Waals surface area contributed by atoms with Crippen LogP contribution in [0.5, 0.6) is 0 Å². The van der Waals surface area contributed by atoms with Crippen LogP contribution in [0.3, 0.4) is 0 Å². The lowest BCUT2D eigenvalue weighted by molar-refractivity contribution is -0.140. The highest BCUT2D eigenvalue weighted by Crippen LogP contribution is 2.21. The van der Waals surface area contributed by atoms with Gasteiger partial charge in [0.15, 0.2) is 0 Å². The molecule has 1 saturated carbocycles. The Hall–Kier alpha value is -2.05. The van der Waals surface area contributed by atoms with Gasteiger partial charge in [0, 0.05) is 22.2 Å². The predicted molar refractivity (Wildman–Crippen MR) is 82.9 cm³/mol. The quantitative estimate of drug-likeness (QED) is 0.441. The monoisotopic (exact) mass is 341 g/mol. The van der Waals surface area contributed by atoms with Crippen LogP contribution in [0.1, 0.15) is 18.4 Å². The molecule has 1 aromatic rings. The van der Waals surface area contributed by atoms with Gasteiger partial charge in [-0.05, 0) is 36.6 Å². The molecular formula is C14H13Cl2N3O3. The zero-order valence-corrected chi connectivity index (χ0v) is 12.9. The Kier molecular flexibility index (Phi) is 5.41. The van der Waals surface area contributed by atoms with Crippen molar-refractivity contribution in [3.05, 3.63) is 39.9 Å². The number of hydrogen-bond acceptors (Lipinski definition) is 3. The smallest absolute Gasteiger partial charge is 0.327 e. The number of carbonyl (C=O) groups is 3.